The van der Waals surface area contributed by atoms with Crippen LogP contribution in [0.15, 0.2) is 12.1 Å². The second-order valence-corrected chi connectivity index (χ2v) is 3.19. The summed E-state index contributed by atoms with van der Waals surface area (Å²) in [5.74, 6) is -3.92. The molecular formula is C10H12F3NO. The Morgan fingerprint density at radius 1 is 1.27 bits per heavy atom. The molecule has 84 valence electrons. The number of hydrogen-bond acceptors (Lipinski definition) is 2. The molecule has 1 rings (SSSR count). The average Bonchev–Trinajstić information content (AvgIpc) is 2.21. The van der Waals surface area contributed by atoms with Gasteiger partial charge in [0.25, 0.3) is 0 Å². The highest BCUT2D eigenvalue weighted by molar-refractivity contribution is 5.22. The summed E-state index contributed by atoms with van der Waals surface area (Å²) >= 11 is 0. The molecule has 15 heavy (non-hydrogen) atoms. The highest BCUT2D eigenvalue weighted by Crippen LogP contribution is 2.19. The van der Waals surface area contributed by atoms with Gasteiger partial charge in [0.1, 0.15) is 0 Å². The molecule has 5 heteroatoms. The van der Waals surface area contributed by atoms with E-state index < -0.39 is 23.5 Å². The van der Waals surface area contributed by atoms with Gasteiger partial charge in [-0.1, -0.05) is 0 Å². The summed E-state index contributed by atoms with van der Waals surface area (Å²) in [7, 11) is 1.50. The number of methoxy groups -OCH3 is 1. The van der Waals surface area contributed by atoms with Crippen molar-refractivity contribution in [3.63, 3.8) is 0 Å². The van der Waals surface area contributed by atoms with Crippen molar-refractivity contribution >= 4 is 0 Å². The largest absolute Gasteiger partial charge is 0.385 e. The molecule has 0 aliphatic rings. The third kappa shape index (κ3) is 2.94. The van der Waals surface area contributed by atoms with Gasteiger partial charge in [0.05, 0.1) is 0 Å². The lowest BCUT2D eigenvalue weighted by Crippen LogP contribution is -2.13. The maximum atomic E-state index is 12.8. The Bertz CT molecular complexity index is 320. The van der Waals surface area contributed by atoms with Crippen molar-refractivity contribution in [2.45, 2.75) is 12.5 Å². The predicted octanol–water partition coefficient (Wildman–Crippen LogP) is 2.14. The molecule has 1 atom stereocenters. The van der Waals surface area contributed by atoms with Gasteiger partial charge in [-0.3, -0.25) is 0 Å². The predicted molar refractivity (Wildman–Crippen MR) is 49.7 cm³/mol. The summed E-state index contributed by atoms with van der Waals surface area (Å²) in [6, 6.07) is 1.24. The van der Waals surface area contributed by atoms with Gasteiger partial charge in [-0.05, 0) is 24.1 Å². The summed E-state index contributed by atoms with van der Waals surface area (Å²) in [4.78, 5) is 0. The maximum absolute atomic E-state index is 12.8. The third-order valence-corrected chi connectivity index (χ3v) is 2.07. The minimum atomic E-state index is -1.47. The molecule has 0 heterocycles. The Balaban J connectivity index is 2.86. The van der Waals surface area contributed by atoms with Crippen molar-refractivity contribution in [1.82, 2.24) is 0 Å². The molecule has 0 saturated carbocycles. The molecule has 0 amide bonds. The first kappa shape index (κ1) is 12.0. The van der Waals surface area contributed by atoms with Crippen LogP contribution in [0.2, 0.25) is 0 Å². The highest BCUT2D eigenvalue weighted by atomic mass is 19.2. The van der Waals surface area contributed by atoms with E-state index in [1.54, 1.807) is 0 Å². The zero-order valence-corrected chi connectivity index (χ0v) is 8.27. The van der Waals surface area contributed by atoms with Gasteiger partial charge in [0.2, 0.25) is 0 Å². The summed E-state index contributed by atoms with van der Waals surface area (Å²) < 4.78 is 43.0. The molecule has 0 bridgehead atoms. The second-order valence-electron chi connectivity index (χ2n) is 3.19. The summed E-state index contributed by atoms with van der Waals surface area (Å²) in [5.41, 5.74) is 5.86. The minimum Gasteiger partial charge on any atom is -0.385 e. The number of halogens is 3. The van der Waals surface area contributed by atoms with E-state index in [0.29, 0.717) is 13.0 Å². The maximum Gasteiger partial charge on any atom is 0.194 e. The standard InChI is InChI=1S/C10H12F3NO/c1-15-3-2-9(14)6-4-7(11)10(13)8(12)5-6/h4-5,9H,2-3,14H2,1H3. The quantitative estimate of drug-likeness (QED) is 0.787. The van der Waals surface area contributed by atoms with Gasteiger partial charge in [-0.15, -0.1) is 0 Å². The van der Waals surface area contributed by atoms with Crippen LogP contribution in [0.25, 0.3) is 0 Å². The number of ether oxygens (including phenoxy) is 1. The van der Waals surface area contributed by atoms with Crippen molar-refractivity contribution in [3.8, 4) is 0 Å². The average molecular weight is 219 g/mol. The SMILES string of the molecule is COCCC(N)c1cc(F)c(F)c(F)c1. The lowest BCUT2D eigenvalue weighted by atomic mass is 10.0. The van der Waals surface area contributed by atoms with E-state index in [0.717, 1.165) is 12.1 Å². The van der Waals surface area contributed by atoms with Crippen LogP contribution in [0, 0.1) is 17.5 Å². The van der Waals surface area contributed by atoms with Gasteiger partial charge in [-0.25, -0.2) is 13.2 Å². The fourth-order valence-corrected chi connectivity index (χ4v) is 1.20. The highest BCUT2D eigenvalue weighted by Gasteiger charge is 2.14. The normalized spacial score (nSPS) is 12.9. The molecule has 0 fully saturated rings. The van der Waals surface area contributed by atoms with Crippen LogP contribution in [0.3, 0.4) is 0 Å². The topological polar surface area (TPSA) is 35.2 Å². The molecule has 0 aromatic heterocycles. The first-order valence-corrected chi connectivity index (χ1v) is 4.45. The van der Waals surface area contributed by atoms with Gasteiger partial charge in [0.15, 0.2) is 17.5 Å². The van der Waals surface area contributed by atoms with Crippen molar-refractivity contribution in [2.24, 2.45) is 5.73 Å². The van der Waals surface area contributed by atoms with E-state index in [-0.39, 0.29) is 5.56 Å². The first-order valence-electron chi connectivity index (χ1n) is 4.45. The van der Waals surface area contributed by atoms with Crippen molar-refractivity contribution in [2.75, 3.05) is 13.7 Å². The number of nitrogens with two attached hydrogens (primary N) is 1. The van der Waals surface area contributed by atoms with Crippen LogP contribution in [0.5, 0.6) is 0 Å². The third-order valence-electron chi connectivity index (χ3n) is 2.07. The van der Waals surface area contributed by atoms with Crippen LogP contribution in [-0.2, 0) is 4.74 Å². The fraction of sp³-hybridized carbons (Fsp3) is 0.400. The Morgan fingerprint density at radius 2 is 1.80 bits per heavy atom. The van der Waals surface area contributed by atoms with Crippen LogP contribution in [0.4, 0.5) is 13.2 Å². The first-order chi connectivity index (χ1) is 7.06. The van der Waals surface area contributed by atoms with Crippen molar-refractivity contribution in [3.05, 3.63) is 35.1 Å². The van der Waals surface area contributed by atoms with Gasteiger partial charge in [-0.2, -0.15) is 0 Å². The number of rotatable bonds is 4. The Morgan fingerprint density at radius 3 is 2.27 bits per heavy atom. The van der Waals surface area contributed by atoms with E-state index in [1.807, 2.05) is 0 Å². The lowest BCUT2D eigenvalue weighted by molar-refractivity contribution is 0.188. The lowest BCUT2D eigenvalue weighted by Gasteiger charge is -2.11. The summed E-state index contributed by atoms with van der Waals surface area (Å²) in [5, 5.41) is 0. The molecule has 0 radical (unpaired) electrons. The van der Waals surface area contributed by atoms with Crippen LogP contribution >= 0.6 is 0 Å². The summed E-state index contributed by atoms with van der Waals surface area (Å²) in [6.07, 6.45) is 0.418. The molecule has 0 spiro atoms. The smallest absolute Gasteiger partial charge is 0.194 e. The molecule has 1 aromatic rings. The van der Waals surface area contributed by atoms with E-state index >= 15 is 0 Å². The van der Waals surface area contributed by atoms with Crippen LogP contribution in [0.1, 0.15) is 18.0 Å². The molecule has 0 saturated heterocycles. The molecule has 2 N–H and O–H groups in total. The zero-order chi connectivity index (χ0) is 11.4. The van der Waals surface area contributed by atoms with Crippen molar-refractivity contribution in [1.29, 1.82) is 0 Å². The van der Waals surface area contributed by atoms with E-state index in [9.17, 15) is 13.2 Å². The Labute approximate surface area is 85.8 Å². The molecular weight excluding hydrogens is 207 g/mol. The molecule has 2 nitrogen and oxygen atoms in total. The summed E-state index contributed by atoms with van der Waals surface area (Å²) in [6.45, 7) is 0.377. The van der Waals surface area contributed by atoms with Crippen LogP contribution in [-0.4, -0.2) is 13.7 Å². The van der Waals surface area contributed by atoms with Gasteiger partial charge in [0, 0.05) is 19.8 Å². The zero-order valence-electron chi connectivity index (χ0n) is 8.27. The van der Waals surface area contributed by atoms with Crippen LogP contribution < -0.4 is 5.73 Å². The fourth-order valence-electron chi connectivity index (χ4n) is 1.20. The van der Waals surface area contributed by atoms with E-state index in [4.69, 9.17) is 10.5 Å². The molecule has 1 aromatic carbocycles. The number of benzene rings is 1. The van der Waals surface area contributed by atoms with Crippen molar-refractivity contribution < 1.29 is 17.9 Å². The number of hydrogen-bond donors (Lipinski definition) is 1. The van der Waals surface area contributed by atoms with Gasteiger partial charge >= 0.3 is 0 Å². The Kier molecular flexibility index (Phi) is 4.11. The molecule has 0 aliphatic carbocycles. The monoisotopic (exact) mass is 219 g/mol. The van der Waals surface area contributed by atoms with E-state index in [1.165, 1.54) is 7.11 Å². The second kappa shape index (κ2) is 5.14. The molecule has 0 aliphatic heterocycles. The van der Waals surface area contributed by atoms with E-state index in [2.05, 4.69) is 0 Å². The minimum absolute atomic E-state index is 0.225. The molecule has 1 unspecified atom stereocenters. The van der Waals surface area contributed by atoms with Gasteiger partial charge < -0.3 is 10.5 Å². The Hall–Kier alpha value is -1.07.